The van der Waals surface area contributed by atoms with Crippen molar-refractivity contribution >= 4 is 0 Å². The average molecular weight is 147 g/mol. The molecule has 62 valence electrons. The van der Waals surface area contributed by atoms with E-state index in [0.717, 1.165) is 0 Å². The first kappa shape index (κ1) is 9.88. The maximum atomic E-state index is 9.05. The predicted octanol–water partition coefficient (Wildman–Crippen LogP) is 0.121. The lowest BCUT2D eigenvalue weighted by molar-refractivity contribution is 0.0337. The molecule has 2 unspecified atom stereocenters. The van der Waals surface area contributed by atoms with Gasteiger partial charge in [0, 0.05) is 19.6 Å². The molecule has 3 nitrogen and oxygen atoms in total. The van der Waals surface area contributed by atoms with Gasteiger partial charge < -0.3 is 15.6 Å². The molecule has 3 heteroatoms. The van der Waals surface area contributed by atoms with Crippen molar-refractivity contribution < 1.29 is 9.84 Å². The van der Waals surface area contributed by atoms with Crippen molar-refractivity contribution in [1.29, 1.82) is 0 Å². The molecule has 0 aliphatic rings. The van der Waals surface area contributed by atoms with Crippen molar-refractivity contribution in [2.24, 2.45) is 5.73 Å². The van der Waals surface area contributed by atoms with E-state index in [2.05, 4.69) is 0 Å². The van der Waals surface area contributed by atoms with E-state index in [4.69, 9.17) is 15.6 Å². The van der Waals surface area contributed by atoms with Crippen LogP contribution in [0.2, 0.25) is 0 Å². The van der Waals surface area contributed by atoms with Crippen LogP contribution < -0.4 is 5.73 Å². The summed E-state index contributed by atoms with van der Waals surface area (Å²) >= 11 is 0. The van der Waals surface area contributed by atoms with Crippen molar-refractivity contribution in [2.45, 2.75) is 32.5 Å². The third-order valence-electron chi connectivity index (χ3n) is 1.33. The Balaban J connectivity index is 3.27. The lowest BCUT2D eigenvalue weighted by atomic mass is 10.2. The highest BCUT2D eigenvalue weighted by Crippen LogP contribution is 2.00. The Morgan fingerprint density at radius 3 is 2.60 bits per heavy atom. The van der Waals surface area contributed by atoms with E-state index in [1.165, 1.54) is 0 Å². The Hall–Kier alpha value is -0.120. The second-order valence-electron chi connectivity index (χ2n) is 2.39. The van der Waals surface area contributed by atoms with Gasteiger partial charge in [-0.3, -0.25) is 0 Å². The van der Waals surface area contributed by atoms with Gasteiger partial charge in [0.25, 0.3) is 0 Å². The number of rotatable bonds is 5. The van der Waals surface area contributed by atoms with Gasteiger partial charge in [-0.05, 0) is 13.8 Å². The van der Waals surface area contributed by atoms with Gasteiger partial charge >= 0.3 is 0 Å². The zero-order chi connectivity index (χ0) is 7.98. The van der Waals surface area contributed by atoms with Crippen LogP contribution in [0.25, 0.3) is 0 Å². The summed E-state index contributed by atoms with van der Waals surface area (Å²) in [5.41, 5.74) is 5.21. The normalized spacial score (nSPS) is 16.8. The topological polar surface area (TPSA) is 55.5 Å². The average Bonchev–Trinajstić information content (AvgIpc) is 1.88. The van der Waals surface area contributed by atoms with Gasteiger partial charge in [0.1, 0.15) is 0 Å². The Morgan fingerprint density at radius 2 is 2.20 bits per heavy atom. The molecule has 2 atom stereocenters. The molecule has 0 amide bonds. The Morgan fingerprint density at radius 1 is 1.60 bits per heavy atom. The highest BCUT2D eigenvalue weighted by Gasteiger charge is 2.07. The molecule has 10 heavy (non-hydrogen) atoms. The first-order valence-corrected chi connectivity index (χ1v) is 3.70. The molecule has 0 aliphatic carbocycles. The summed E-state index contributed by atoms with van der Waals surface area (Å²) in [6.07, 6.45) is 0.328. The number of ether oxygens (including phenoxy) is 1. The molecule has 0 saturated carbocycles. The summed E-state index contributed by atoms with van der Waals surface area (Å²) in [6.45, 7) is 4.88. The summed E-state index contributed by atoms with van der Waals surface area (Å²) in [5.74, 6) is 0. The number of aliphatic hydroxyl groups is 1. The van der Waals surface area contributed by atoms with Crippen LogP contribution in [0.5, 0.6) is 0 Å². The molecule has 0 aliphatic heterocycles. The molecule has 0 rings (SSSR count). The van der Waals surface area contributed by atoms with Crippen LogP contribution in [-0.2, 0) is 4.74 Å². The van der Waals surface area contributed by atoms with Crippen LogP contribution in [0.1, 0.15) is 20.3 Å². The van der Waals surface area contributed by atoms with E-state index in [-0.39, 0.29) is 6.10 Å². The summed E-state index contributed by atoms with van der Waals surface area (Å²) < 4.78 is 5.20. The predicted molar refractivity (Wildman–Crippen MR) is 40.8 cm³/mol. The van der Waals surface area contributed by atoms with E-state index in [9.17, 15) is 0 Å². The fourth-order valence-corrected chi connectivity index (χ4v) is 0.832. The minimum atomic E-state index is -0.415. The van der Waals surface area contributed by atoms with Crippen molar-refractivity contribution in [2.75, 3.05) is 13.2 Å². The van der Waals surface area contributed by atoms with Gasteiger partial charge in [-0.15, -0.1) is 0 Å². The van der Waals surface area contributed by atoms with Gasteiger partial charge in [0.05, 0.1) is 12.2 Å². The number of hydrogen-bond acceptors (Lipinski definition) is 3. The molecular weight excluding hydrogens is 130 g/mol. The van der Waals surface area contributed by atoms with Crippen molar-refractivity contribution in [1.82, 2.24) is 0 Å². The van der Waals surface area contributed by atoms with E-state index >= 15 is 0 Å². The van der Waals surface area contributed by atoms with E-state index in [0.29, 0.717) is 19.6 Å². The van der Waals surface area contributed by atoms with Crippen LogP contribution in [0, 0.1) is 0 Å². The zero-order valence-electron chi connectivity index (χ0n) is 6.71. The third-order valence-corrected chi connectivity index (χ3v) is 1.33. The van der Waals surface area contributed by atoms with Gasteiger partial charge in [-0.2, -0.15) is 0 Å². The van der Waals surface area contributed by atoms with Crippen molar-refractivity contribution in [3.05, 3.63) is 0 Å². The van der Waals surface area contributed by atoms with Crippen LogP contribution in [0.3, 0.4) is 0 Å². The van der Waals surface area contributed by atoms with Crippen LogP contribution >= 0.6 is 0 Å². The monoisotopic (exact) mass is 147 g/mol. The second-order valence-corrected chi connectivity index (χ2v) is 2.39. The smallest absolute Gasteiger partial charge is 0.0687 e. The quantitative estimate of drug-likeness (QED) is 0.580. The Kier molecular flexibility index (Phi) is 5.58. The molecule has 0 saturated heterocycles. The van der Waals surface area contributed by atoms with E-state index < -0.39 is 6.10 Å². The van der Waals surface area contributed by atoms with Crippen LogP contribution in [0.4, 0.5) is 0 Å². The minimum absolute atomic E-state index is 0.114. The first-order valence-electron chi connectivity index (χ1n) is 3.70. The maximum Gasteiger partial charge on any atom is 0.0687 e. The molecule has 3 N–H and O–H groups in total. The summed E-state index contributed by atoms with van der Waals surface area (Å²) in [6, 6.07) is 0. The summed E-state index contributed by atoms with van der Waals surface area (Å²) in [5, 5.41) is 9.05. The zero-order valence-corrected chi connectivity index (χ0v) is 6.71. The summed E-state index contributed by atoms with van der Waals surface area (Å²) in [4.78, 5) is 0. The molecule has 0 aromatic heterocycles. The Labute approximate surface area is 62.2 Å². The standard InChI is InChI=1S/C7H17NO2/c1-3-10-6(2)4-7(9)5-8/h6-7,9H,3-5,8H2,1-2H3. The van der Waals surface area contributed by atoms with Crippen LogP contribution in [-0.4, -0.2) is 30.5 Å². The second kappa shape index (κ2) is 5.65. The molecule has 0 heterocycles. The molecule has 0 bridgehead atoms. The van der Waals surface area contributed by atoms with Gasteiger partial charge in [-0.25, -0.2) is 0 Å². The highest BCUT2D eigenvalue weighted by atomic mass is 16.5. The largest absolute Gasteiger partial charge is 0.392 e. The van der Waals surface area contributed by atoms with E-state index in [1.807, 2.05) is 13.8 Å². The Bertz CT molecular complexity index is 78.0. The maximum absolute atomic E-state index is 9.05. The highest BCUT2D eigenvalue weighted by molar-refractivity contribution is 4.60. The lowest BCUT2D eigenvalue weighted by Crippen LogP contribution is -2.25. The third kappa shape index (κ3) is 4.73. The molecule has 0 spiro atoms. The summed E-state index contributed by atoms with van der Waals surface area (Å²) in [7, 11) is 0. The first-order chi connectivity index (χ1) is 4.70. The molecule has 0 fully saturated rings. The lowest BCUT2D eigenvalue weighted by Gasteiger charge is -2.14. The van der Waals surface area contributed by atoms with Crippen LogP contribution in [0.15, 0.2) is 0 Å². The fourth-order valence-electron chi connectivity index (χ4n) is 0.832. The van der Waals surface area contributed by atoms with Gasteiger partial charge in [0.15, 0.2) is 0 Å². The van der Waals surface area contributed by atoms with Gasteiger partial charge in [-0.1, -0.05) is 0 Å². The molecule has 0 radical (unpaired) electrons. The van der Waals surface area contributed by atoms with E-state index in [1.54, 1.807) is 0 Å². The molecule has 0 aromatic rings. The number of hydrogen-bond donors (Lipinski definition) is 2. The van der Waals surface area contributed by atoms with Crippen molar-refractivity contribution in [3.63, 3.8) is 0 Å². The number of nitrogens with two attached hydrogens (primary N) is 1. The number of aliphatic hydroxyl groups excluding tert-OH is 1. The molecule has 0 aromatic carbocycles. The molecular formula is C7H17NO2. The minimum Gasteiger partial charge on any atom is -0.392 e. The van der Waals surface area contributed by atoms with Gasteiger partial charge in [0.2, 0.25) is 0 Å². The SMILES string of the molecule is CCOC(C)CC(O)CN. The van der Waals surface area contributed by atoms with Crippen molar-refractivity contribution in [3.8, 4) is 0 Å². The fraction of sp³-hybridized carbons (Fsp3) is 1.00.